The van der Waals surface area contributed by atoms with Gasteiger partial charge in [0.1, 0.15) is 12.2 Å². The van der Waals surface area contributed by atoms with Gasteiger partial charge in [-0.05, 0) is 11.6 Å². The fraction of sp³-hybridized carbons (Fsp3) is 0.250. The summed E-state index contributed by atoms with van der Waals surface area (Å²) in [6.07, 6.45) is 7.10. The number of hydrogen-bond donors (Lipinski definition) is 1. The quantitative estimate of drug-likeness (QED) is 0.444. The maximum atomic E-state index is 9.80. The van der Waals surface area contributed by atoms with Gasteiger partial charge in [-0.3, -0.25) is 0 Å². The van der Waals surface area contributed by atoms with E-state index in [1.165, 1.54) is 6.08 Å². The summed E-state index contributed by atoms with van der Waals surface area (Å²) in [7, 11) is 1.58. The molecule has 1 N–H and O–H groups in total. The Hall–Kier alpha value is -1.84. The Balaban J connectivity index is 2.57. The van der Waals surface area contributed by atoms with Gasteiger partial charge in [-0.15, -0.1) is 6.58 Å². The van der Waals surface area contributed by atoms with Crippen molar-refractivity contribution in [3.05, 3.63) is 73.0 Å². The van der Waals surface area contributed by atoms with E-state index in [0.29, 0.717) is 6.61 Å². The van der Waals surface area contributed by atoms with Crippen LogP contribution in [0.2, 0.25) is 0 Å². The van der Waals surface area contributed by atoms with E-state index in [-0.39, 0.29) is 0 Å². The number of benzene rings is 1. The van der Waals surface area contributed by atoms with Crippen molar-refractivity contribution < 1.29 is 14.6 Å². The Kier molecular flexibility index (Phi) is 7.32. The van der Waals surface area contributed by atoms with E-state index < -0.39 is 12.2 Å². The molecule has 19 heavy (non-hydrogen) atoms. The van der Waals surface area contributed by atoms with Gasteiger partial charge in [0, 0.05) is 0 Å². The van der Waals surface area contributed by atoms with Gasteiger partial charge in [0.05, 0.1) is 20.0 Å². The molecule has 0 amide bonds. The Labute approximate surface area is 114 Å². The standard InChI is InChI=1S/C16H20O3/c1-3-15(17)16(11-7-8-12-18-2)19-13-14-9-5-4-6-10-14/h3-12,15-17H,1,13H2,2H3/b11-7-,12-8+/t15-,16+/m0/s1. The van der Waals surface area contributed by atoms with Gasteiger partial charge in [-0.2, -0.15) is 0 Å². The Morgan fingerprint density at radius 1 is 1.26 bits per heavy atom. The molecular weight excluding hydrogens is 240 g/mol. The molecule has 0 bridgehead atoms. The predicted octanol–water partition coefficient (Wildman–Crippen LogP) is 2.84. The number of rotatable bonds is 8. The summed E-state index contributed by atoms with van der Waals surface area (Å²) in [5.74, 6) is 0. The largest absolute Gasteiger partial charge is 0.504 e. The van der Waals surface area contributed by atoms with Gasteiger partial charge in [-0.1, -0.05) is 48.6 Å². The maximum Gasteiger partial charge on any atom is 0.106 e. The van der Waals surface area contributed by atoms with Gasteiger partial charge in [-0.25, -0.2) is 0 Å². The molecular formula is C16H20O3. The van der Waals surface area contributed by atoms with E-state index in [4.69, 9.17) is 9.47 Å². The van der Waals surface area contributed by atoms with Gasteiger partial charge in [0.25, 0.3) is 0 Å². The first-order valence-corrected chi connectivity index (χ1v) is 6.10. The average Bonchev–Trinajstić information content (AvgIpc) is 2.47. The molecule has 0 aliphatic carbocycles. The highest BCUT2D eigenvalue weighted by atomic mass is 16.5. The monoisotopic (exact) mass is 260 g/mol. The van der Waals surface area contributed by atoms with E-state index in [9.17, 15) is 5.11 Å². The zero-order chi connectivity index (χ0) is 13.9. The molecule has 0 saturated heterocycles. The molecule has 0 spiro atoms. The minimum Gasteiger partial charge on any atom is -0.504 e. The molecule has 102 valence electrons. The van der Waals surface area contributed by atoms with Crippen LogP contribution in [-0.2, 0) is 16.1 Å². The Morgan fingerprint density at radius 3 is 2.63 bits per heavy atom. The fourth-order valence-corrected chi connectivity index (χ4v) is 1.47. The van der Waals surface area contributed by atoms with Crippen LogP contribution in [0.25, 0.3) is 0 Å². The van der Waals surface area contributed by atoms with Crippen LogP contribution in [0.1, 0.15) is 5.56 Å². The number of aliphatic hydroxyl groups is 1. The van der Waals surface area contributed by atoms with Gasteiger partial charge >= 0.3 is 0 Å². The lowest BCUT2D eigenvalue weighted by Gasteiger charge is -2.17. The summed E-state index contributed by atoms with van der Waals surface area (Å²) in [6, 6.07) is 9.82. The van der Waals surface area contributed by atoms with Crippen LogP contribution in [0.15, 0.2) is 67.5 Å². The molecule has 1 aromatic rings. The third-order valence-electron chi connectivity index (χ3n) is 2.49. The first kappa shape index (κ1) is 15.2. The number of ether oxygens (including phenoxy) is 2. The fourth-order valence-electron chi connectivity index (χ4n) is 1.47. The molecule has 1 rings (SSSR count). The number of allylic oxidation sites excluding steroid dienone is 2. The smallest absolute Gasteiger partial charge is 0.106 e. The third-order valence-corrected chi connectivity index (χ3v) is 2.49. The lowest BCUT2D eigenvalue weighted by Crippen LogP contribution is -2.24. The second-order valence-electron chi connectivity index (χ2n) is 3.94. The van der Waals surface area contributed by atoms with Gasteiger partial charge in [0.2, 0.25) is 0 Å². The molecule has 3 heteroatoms. The summed E-state index contributed by atoms with van der Waals surface area (Å²) in [5.41, 5.74) is 1.06. The van der Waals surface area contributed by atoms with Crippen LogP contribution in [0.4, 0.5) is 0 Å². The highest BCUT2D eigenvalue weighted by molar-refractivity contribution is 5.14. The van der Waals surface area contributed by atoms with E-state index in [2.05, 4.69) is 6.58 Å². The molecule has 0 saturated carbocycles. The zero-order valence-corrected chi connectivity index (χ0v) is 11.1. The minimum atomic E-state index is -0.740. The summed E-state index contributed by atoms with van der Waals surface area (Å²) in [4.78, 5) is 0. The van der Waals surface area contributed by atoms with E-state index in [0.717, 1.165) is 5.56 Å². The Morgan fingerprint density at radius 2 is 2.00 bits per heavy atom. The van der Waals surface area contributed by atoms with Crippen molar-refractivity contribution in [1.82, 2.24) is 0 Å². The average molecular weight is 260 g/mol. The van der Waals surface area contributed by atoms with Crippen molar-refractivity contribution >= 4 is 0 Å². The molecule has 2 atom stereocenters. The Bertz CT molecular complexity index is 409. The summed E-state index contributed by atoms with van der Waals surface area (Å²) < 4.78 is 10.5. The SMILES string of the molecule is C=C[C@H](O)[C@@H](/C=C\C=C\OC)OCc1ccccc1. The summed E-state index contributed by atoms with van der Waals surface area (Å²) >= 11 is 0. The number of methoxy groups -OCH3 is 1. The van der Waals surface area contributed by atoms with E-state index in [1.807, 2.05) is 30.3 Å². The van der Waals surface area contributed by atoms with Crippen LogP contribution in [0, 0.1) is 0 Å². The van der Waals surface area contributed by atoms with Crippen molar-refractivity contribution in [3.8, 4) is 0 Å². The second kappa shape index (κ2) is 9.14. The summed E-state index contributed by atoms with van der Waals surface area (Å²) in [6.45, 7) is 4.01. The second-order valence-corrected chi connectivity index (χ2v) is 3.94. The van der Waals surface area contributed by atoms with Crippen molar-refractivity contribution in [1.29, 1.82) is 0 Å². The predicted molar refractivity (Wildman–Crippen MR) is 76.5 cm³/mol. The molecule has 3 nitrogen and oxygen atoms in total. The van der Waals surface area contributed by atoms with Crippen LogP contribution >= 0.6 is 0 Å². The lowest BCUT2D eigenvalue weighted by atomic mass is 10.2. The van der Waals surface area contributed by atoms with Crippen LogP contribution in [0.3, 0.4) is 0 Å². The molecule has 0 fully saturated rings. The lowest BCUT2D eigenvalue weighted by molar-refractivity contribution is 0.00206. The normalized spacial score (nSPS) is 14.6. The highest BCUT2D eigenvalue weighted by Crippen LogP contribution is 2.08. The summed E-state index contributed by atoms with van der Waals surface area (Å²) in [5, 5.41) is 9.80. The van der Waals surface area contributed by atoms with E-state index in [1.54, 1.807) is 31.6 Å². The van der Waals surface area contributed by atoms with Crippen molar-refractivity contribution in [2.24, 2.45) is 0 Å². The minimum absolute atomic E-state index is 0.431. The molecule has 0 aromatic heterocycles. The molecule has 0 unspecified atom stereocenters. The van der Waals surface area contributed by atoms with Gasteiger partial charge in [0.15, 0.2) is 0 Å². The topological polar surface area (TPSA) is 38.7 Å². The van der Waals surface area contributed by atoms with Crippen LogP contribution in [-0.4, -0.2) is 24.4 Å². The van der Waals surface area contributed by atoms with Crippen LogP contribution in [0.5, 0.6) is 0 Å². The number of hydrogen-bond acceptors (Lipinski definition) is 3. The van der Waals surface area contributed by atoms with Crippen LogP contribution < -0.4 is 0 Å². The van der Waals surface area contributed by atoms with E-state index >= 15 is 0 Å². The first-order chi connectivity index (χ1) is 9.27. The van der Waals surface area contributed by atoms with Crippen molar-refractivity contribution in [2.45, 2.75) is 18.8 Å². The van der Waals surface area contributed by atoms with Crippen molar-refractivity contribution in [3.63, 3.8) is 0 Å². The molecule has 0 aliphatic heterocycles. The van der Waals surface area contributed by atoms with Crippen molar-refractivity contribution in [2.75, 3.05) is 7.11 Å². The molecule has 0 heterocycles. The third kappa shape index (κ3) is 6.04. The maximum absolute atomic E-state index is 9.80. The van der Waals surface area contributed by atoms with Gasteiger partial charge < -0.3 is 14.6 Å². The molecule has 0 aliphatic rings. The molecule has 0 radical (unpaired) electrons. The highest BCUT2D eigenvalue weighted by Gasteiger charge is 2.13. The number of aliphatic hydroxyl groups excluding tert-OH is 1. The first-order valence-electron chi connectivity index (χ1n) is 6.10. The molecule has 1 aromatic carbocycles. The zero-order valence-electron chi connectivity index (χ0n) is 11.1.